The Morgan fingerprint density at radius 2 is 1.96 bits per heavy atom. The highest BCUT2D eigenvalue weighted by Crippen LogP contribution is 2.48. The maximum Gasteiger partial charge on any atom is 0.123 e. The number of aromatic nitrogens is 2. The van der Waals surface area contributed by atoms with Crippen molar-refractivity contribution in [3.05, 3.63) is 76.8 Å². The van der Waals surface area contributed by atoms with E-state index in [0.29, 0.717) is 5.92 Å². The fourth-order valence-electron chi connectivity index (χ4n) is 4.91. The topological polar surface area (TPSA) is 25.8 Å². The SMILES string of the molecule is Fc1cccc(-c2ccc(/C=C/C3c4sncc4CC4CCCCC43)nc2)c1. The molecule has 0 radical (unpaired) electrons. The van der Waals surface area contributed by atoms with Crippen molar-refractivity contribution < 1.29 is 4.39 Å². The standard InChI is InChI=1S/C24H23FN2S/c25-20-6-3-5-16(13-20)18-8-9-21(26-14-18)10-11-23-22-7-2-1-4-17(22)12-19-15-27-28-24(19)23/h3,5-6,8-11,13-15,17,22-23H,1-2,4,7,12H2/b11-10+. The molecule has 0 saturated heterocycles. The Morgan fingerprint density at radius 1 is 1.04 bits per heavy atom. The average Bonchev–Trinajstić information content (AvgIpc) is 3.20. The van der Waals surface area contributed by atoms with Crippen LogP contribution in [0, 0.1) is 17.7 Å². The Kier molecular flexibility index (Phi) is 4.81. The molecule has 3 atom stereocenters. The second kappa shape index (κ2) is 7.59. The van der Waals surface area contributed by atoms with Crippen molar-refractivity contribution >= 4 is 17.6 Å². The van der Waals surface area contributed by atoms with Gasteiger partial charge in [-0.3, -0.25) is 4.98 Å². The summed E-state index contributed by atoms with van der Waals surface area (Å²) in [5, 5.41) is 0. The van der Waals surface area contributed by atoms with Crippen molar-refractivity contribution in [1.82, 2.24) is 9.36 Å². The van der Waals surface area contributed by atoms with Crippen LogP contribution in [-0.2, 0) is 6.42 Å². The first-order chi connectivity index (χ1) is 13.8. The van der Waals surface area contributed by atoms with E-state index in [4.69, 9.17) is 0 Å². The van der Waals surface area contributed by atoms with E-state index < -0.39 is 0 Å². The molecule has 0 spiro atoms. The fraction of sp³-hybridized carbons (Fsp3) is 0.333. The lowest BCUT2D eigenvalue weighted by Gasteiger charge is -2.39. The van der Waals surface area contributed by atoms with Crippen molar-refractivity contribution in [2.24, 2.45) is 11.8 Å². The minimum atomic E-state index is -0.221. The molecule has 0 aliphatic heterocycles. The molecule has 2 nitrogen and oxygen atoms in total. The highest BCUT2D eigenvalue weighted by molar-refractivity contribution is 7.06. The number of benzene rings is 1. The van der Waals surface area contributed by atoms with Gasteiger partial charge >= 0.3 is 0 Å². The van der Waals surface area contributed by atoms with Gasteiger partial charge in [0.05, 0.1) is 5.69 Å². The Morgan fingerprint density at radius 3 is 2.82 bits per heavy atom. The minimum Gasteiger partial charge on any atom is -0.256 e. The highest BCUT2D eigenvalue weighted by atomic mass is 32.1. The van der Waals surface area contributed by atoms with E-state index in [2.05, 4.69) is 27.7 Å². The Balaban J connectivity index is 1.39. The lowest BCUT2D eigenvalue weighted by molar-refractivity contribution is 0.205. The monoisotopic (exact) mass is 390 g/mol. The lowest BCUT2D eigenvalue weighted by Crippen LogP contribution is -2.30. The van der Waals surface area contributed by atoms with Gasteiger partial charge in [0.2, 0.25) is 0 Å². The van der Waals surface area contributed by atoms with Crippen LogP contribution in [0.3, 0.4) is 0 Å². The van der Waals surface area contributed by atoms with Crippen molar-refractivity contribution in [1.29, 1.82) is 0 Å². The number of rotatable bonds is 3. The largest absolute Gasteiger partial charge is 0.256 e. The smallest absolute Gasteiger partial charge is 0.123 e. The zero-order valence-corrected chi connectivity index (χ0v) is 16.5. The maximum atomic E-state index is 13.5. The number of halogens is 1. The van der Waals surface area contributed by atoms with Crippen LogP contribution < -0.4 is 0 Å². The Labute approximate surface area is 169 Å². The molecule has 5 rings (SSSR count). The molecule has 3 aromatic rings. The fourth-order valence-corrected chi connectivity index (χ4v) is 5.83. The molecule has 2 heterocycles. The number of pyridine rings is 1. The summed E-state index contributed by atoms with van der Waals surface area (Å²) in [4.78, 5) is 6.05. The first-order valence-electron chi connectivity index (χ1n) is 10.1. The van der Waals surface area contributed by atoms with Gasteiger partial charge in [0.25, 0.3) is 0 Å². The molecule has 3 unspecified atom stereocenters. The quantitative estimate of drug-likeness (QED) is 0.510. The number of fused-ring (bicyclic) bond motifs is 2. The van der Waals surface area contributed by atoms with Gasteiger partial charge in [-0.15, -0.1) is 0 Å². The van der Waals surface area contributed by atoms with Gasteiger partial charge in [-0.1, -0.05) is 37.1 Å². The number of allylic oxidation sites excluding steroid dienone is 1. The molecule has 142 valence electrons. The predicted molar refractivity (Wildman–Crippen MR) is 113 cm³/mol. The van der Waals surface area contributed by atoms with Crippen LogP contribution in [0.15, 0.2) is 54.9 Å². The zero-order valence-electron chi connectivity index (χ0n) is 15.7. The molecular formula is C24H23FN2S. The second-order valence-electron chi connectivity index (χ2n) is 7.99. The molecular weight excluding hydrogens is 367 g/mol. The zero-order chi connectivity index (χ0) is 18.9. The van der Waals surface area contributed by atoms with Gasteiger partial charge in [0, 0.05) is 28.8 Å². The van der Waals surface area contributed by atoms with Crippen LogP contribution in [0.1, 0.15) is 47.7 Å². The molecule has 28 heavy (non-hydrogen) atoms. The van der Waals surface area contributed by atoms with Crippen molar-refractivity contribution in [2.45, 2.75) is 38.0 Å². The third kappa shape index (κ3) is 3.42. The van der Waals surface area contributed by atoms with Crippen LogP contribution in [0.5, 0.6) is 0 Å². The van der Waals surface area contributed by atoms with E-state index in [1.807, 2.05) is 24.4 Å². The Bertz CT molecular complexity index is 992. The van der Waals surface area contributed by atoms with E-state index in [1.54, 1.807) is 23.7 Å². The van der Waals surface area contributed by atoms with Crippen LogP contribution in [0.4, 0.5) is 4.39 Å². The summed E-state index contributed by atoms with van der Waals surface area (Å²) >= 11 is 1.67. The van der Waals surface area contributed by atoms with Gasteiger partial charge in [0.15, 0.2) is 0 Å². The van der Waals surface area contributed by atoms with Crippen molar-refractivity contribution in [3.63, 3.8) is 0 Å². The molecule has 1 saturated carbocycles. The summed E-state index contributed by atoms with van der Waals surface area (Å²) in [7, 11) is 0. The molecule has 2 aliphatic rings. The predicted octanol–water partition coefficient (Wildman–Crippen LogP) is 6.50. The van der Waals surface area contributed by atoms with Gasteiger partial charge in [-0.25, -0.2) is 8.76 Å². The molecule has 4 heteroatoms. The first-order valence-corrected chi connectivity index (χ1v) is 10.9. The molecule has 0 amide bonds. The lowest BCUT2D eigenvalue weighted by atomic mass is 9.66. The highest BCUT2D eigenvalue weighted by Gasteiger charge is 2.37. The summed E-state index contributed by atoms with van der Waals surface area (Å²) in [6, 6.07) is 10.7. The summed E-state index contributed by atoms with van der Waals surface area (Å²) < 4.78 is 17.9. The van der Waals surface area contributed by atoms with E-state index in [-0.39, 0.29) is 5.82 Å². The third-order valence-electron chi connectivity index (χ3n) is 6.31. The Hall–Kier alpha value is -2.33. The molecule has 0 bridgehead atoms. The van der Waals surface area contributed by atoms with Gasteiger partial charge in [0.1, 0.15) is 5.82 Å². The summed E-state index contributed by atoms with van der Waals surface area (Å²) in [5.74, 6) is 1.78. The first kappa shape index (κ1) is 17.7. The van der Waals surface area contributed by atoms with Crippen LogP contribution >= 0.6 is 11.5 Å². The average molecular weight is 391 g/mol. The van der Waals surface area contributed by atoms with Gasteiger partial charge in [-0.05, 0) is 78.0 Å². The van der Waals surface area contributed by atoms with Crippen LogP contribution in [-0.4, -0.2) is 9.36 Å². The molecule has 0 N–H and O–H groups in total. The van der Waals surface area contributed by atoms with Gasteiger partial charge in [-0.2, -0.15) is 0 Å². The summed E-state index contributed by atoms with van der Waals surface area (Å²) in [6.07, 6.45) is 15.0. The number of hydrogen-bond acceptors (Lipinski definition) is 3. The second-order valence-corrected chi connectivity index (χ2v) is 8.83. The van der Waals surface area contributed by atoms with Crippen LogP contribution in [0.2, 0.25) is 0 Å². The van der Waals surface area contributed by atoms with Crippen molar-refractivity contribution in [2.75, 3.05) is 0 Å². The third-order valence-corrected chi connectivity index (χ3v) is 7.25. The number of nitrogens with zero attached hydrogens (tertiary/aromatic N) is 2. The molecule has 1 fully saturated rings. The van der Waals surface area contributed by atoms with E-state index in [1.165, 1.54) is 48.6 Å². The molecule has 2 aromatic heterocycles. The van der Waals surface area contributed by atoms with Gasteiger partial charge < -0.3 is 0 Å². The molecule has 1 aromatic carbocycles. The molecule has 2 aliphatic carbocycles. The van der Waals surface area contributed by atoms with Crippen molar-refractivity contribution in [3.8, 4) is 11.1 Å². The van der Waals surface area contributed by atoms with E-state index in [0.717, 1.165) is 28.7 Å². The summed E-state index contributed by atoms with van der Waals surface area (Å²) in [5.41, 5.74) is 4.20. The summed E-state index contributed by atoms with van der Waals surface area (Å²) in [6.45, 7) is 0. The minimum absolute atomic E-state index is 0.221. The van der Waals surface area contributed by atoms with E-state index >= 15 is 0 Å². The normalized spacial score (nSPS) is 24.1. The maximum absolute atomic E-state index is 13.5. The van der Waals surface area contributed by atoms with Crippen LogP contribution in [0.25, 0.3) is 17.2 Å². The van der Waals surface area contributed by atoms with E-state index in [9.17, 15) is 4.39 Å². The number of hydrogen-bond donors (Lipinski definition) is 0.